The Balaban J connectivity index is 1.64. The summed E-state index contributed by atoms with van der Waals surface area (Å²) in [6.45, 7) is 1.84. The van der Waals surface area contributed by atoms with Crippen molar-refractivity contribution in [1.29, 1.82) is 0 Å². The molecule has 166 valence electrons. The lowest BCUT2D eigenvalue weighted by molar-refractivity contribution is 0.151. The minimum atomic E-state index is -2.52. The number of aliphatic hydroxyl groups excluding tert-OH is 1. The van der Waals surface area contributed by atoms with E-state index in [-0.39, 0.29) is 18.2 Å². The van der Waals surface area contributed by atoms with E-state index in [1.54, 1.807) is 33.9 Å². The number of hydrogen-bond donors (Lipinski definition) is 1. The van der Waals surface area contributed by atoms with Gasteiger partial charge in [-0.3, -0.25) is 4.68 Å². The maximum atomic E-state index is 13.0. The summed E-state index contributed by atoms with van der Waals surface area (Å²) in [5.41, 5.74) is 3.22. The van der Waals surface area contributed by atoms with E-state index >= 15 is 0 Å². The number of fused-ring (bicyclic) bond motifs is 1. The predicted molar refractivity (Wildman–Crippen MR) is 116 cm³/mol. The first kappa shape index (κ1) is 20.5. The first-order chi connectivity index (χ1) is 15.4. The van der Waals surface area contributed by atoms with Crippen LogP contribution in [0, 0.1) is 0 Å². The third kappa shape index (κ3) is 3.70. The molecule has 5 rings (SSSR count). The summed E-state index contributed by atoms with van der Waals surface area (Å²) in [5.74, 6) is 0.453. The van der Waals surface area contributed by atoms with Crippen molar-refractivity contribution in [2.75, 3.05) is 18.6 Å². The second-order valence-electron chi connectivity index (χ2n) is 8.16. The maximum absolute atomic E-state index is 13.0. The fraction of sp³-hybridized carbons (Fsp3) is 0.364. The van der Waals surface area contributed by atoms with Gasteiger partial charge < -0.3 is 10.0 Å². The highest BCUT2D eigenvalue weighted by molar-refractivity contribution is 5.76. The van der Waals surface area contributed by atoms with Crippen LogP contribution in [0.15, 0.2) is 42.9 Å². The topological polar surface area (TPSA) is 84.4 Å². The van der Waals surface area contributed by atoms with Crippen LogP contribution in [0.4, 0.5) is 14.7 Å². The molecule has 3 heterocycles. The molecule has 8 nitrogen and oxygen atoms in total. The molecule has 0 unspecified atom stereocenters. The number of rotatable bonds is 7. The van der Waals surface area contributed by atoms with E-state index in [2.05, 4.69) is 15.2 Å². The maximum Gasteiger partial charge on any atom is 0.263 e. The molecule has 0 radical (unpaired) electrons. The van der Waals surface area contributed by atoms with E-state index in [1.165, 1.54) is 12.1 Å². The molecule has 1 saturated carbocycles. The summed E-state index contributed by atoms with van der Waals surface area (Å²) in [4.78, 5) is 11.3. The van der Waals surface area contributed by atoms with Gasteiger partial charge in [0.25, 0.3) is 6.43 Å². The summed E-state index contributed by atoms with van der Waals surface area (Å²) < 4.78 is 29.5. The molecule has 0 amide bonds. The molecule has 3 aromatic heterocycles. The Kier molecular flexibility index (Phi) is 5.09. The van der Waals surface area contributed by atoms with E-state index in [9.17, 15) is 13.9 Å². The molecule has 1 aliphatic rings. The second kappa shape index (κ2) is 7.94. The minimum absolute atomic E-state index is 0.0347. The van der Waals surface area contributed by atoms with E-state index < -0.39 is 6.43 Å². The predicted octanol–water partition coefficient (Wildman–Crippen LogP) is 3.74. The van der Waals surface area contributed by atoms with Crippen LogP contribution in [0.2, 0.25) is 0 Å². The van der Waals surface area contributed by atoms with Crippen molar-refractivity contribution in [2.45, 2.75) is 38.3 Å². The average molecular weight is 439 g/mol. The Morgan fingerprint density at radius 1 is 1.12 bits per heavy atom. The molecule has 0 spiro atoms. The molecule has 32 heavy (non-hydrogen) atoms. The zero-order valence-electron chi connectivity index (χ0n) is 17.7. The van der Waals surface area contributed by atoms with Gasteiger partial charge in [-0.1, -0.05) is 24.3 Å². The quantitative estimate of drug-likeness (QED) is 0.472. The number of alkyl halides is 2. The lowest BCUT2D eigenvalue weighted by Gasteiger charge is -2.20. The van der Waals surface area contributed by atoms with Gasteiger partial charge in [-0.25, -0.2) is 18.3 Å². The zero-order valence-corrected chi connectivity index (χ0v) is 17.7. The average Bonchev–Trinajstić information content (AvgIpc) is 3.38. The molecule has 10 heteroatoms. The molecule has 1 N–H and O–H groups in total. The smallest absolute Gasteiger partial charge is 0.263 e. The summed E-state index contributed by atoms with van der Waals surface area (Å²) in [6, 6.07) is 6.33. The van der Waals surface area contributed by atoms with Crippen molar-refractivity contribution >= 4 is 11.6 Å². The largest absolute Gasteiger partial charge is 0.394 e. The third-order valence-corrected chi connectivity index (χ3v) is 5.80. The normalized spacial score (nSPS) is 14.9. The van der Waals surface area contributed by atoms with Crippen molar-refractivity contribution in [3.05, 3.63) is 48.4 Å². The number of benzene rings is 1. The number of aromatic nitrogens is 6. The molecule has 0 saturated heterocycles. The number of likely N-dealkylation sites (N-methyl/N-ethyl adjacent to an activating group) is 1. The highest BCUT2D eigenvalue weighted by atomic mass is 19.3. The molecular weight excluding hydrogens is 416 g/mol. The van der Waals surface area contributed by atoms with E-state index in [0.717, 1.165) is 18.4 Å². The van der Waals surface area contributed by atoms with E-state index in [0.29, 0.717) is 34.6 Å². The van der Waals surface area contributed by atoms with Crippen molar-refractivity contribution in [1.82, 2.24) is 29.4 Å². The van der Waals surface area contributed by atoms with Crippen LogP contribution in [0.5, 0.6) is 0 Å². The molecule has 0 bridgehead atoms. The summed E-state index contributed by atoms with van der Waals surface area (Å²) in [7, 11) is 1.82. The van der Waals surface area contributed by atoms with Crippen LogP contribution >= 0.6 is 0 Å². The Morgan fingerprint density at radius 3 is 2.53 bits per heavy atom. The molecule has 4 aromatic rings. The van der Waals surface area contributed by atoms with Crippen molar-refractivity contribution in [3.63, 3.8) is 0 Å². The Morgan fingerprint density at radius 2 is 1.88 bits per heavy atom. The standard InChI is InChI=1S/C22H23F2N7O/c1-13(12-32)29(2)22-27-21-19(16-9-25-30(10-16)17-7-8-17)26-18(11-31(21)28-22)14-3-5-15(6-4-14)20(23)24/h3-6,9-11,13,17,20,32H,7-8,12H2,1-2H3/t13-/m0/s1. The van der Waals surface area contributed by atoms with E-state index in [1.807, 2.05) is 24.9 Å². The molecule has 1 fully saturated rings. The first-order valence-electron chi connectivity index (χ1n) is 10.5. The minimum Gasteiger partial charge on any atom is -0.394 e. The van der Waals surface area contributed by atoms with Crippen LogP contribution in [-0.2, 0) is 0 Å². The van der Waals surface area contributed by atoms with Gasteiger partial charge in [0.1, 0.15) is 5.69 Å². The molecule has 1 aliphatic carbocycles. The Hall–Kier alpha value is -3.40. The van der Waals surface area contributed by atoms with Crippen molar-refractivity contribution in [2.24, 2.45) is 0 Å². The van der Waals surface area contributed by atoms with Gasteiger partial charge in [-0.05, 0) is 19.8 Å². The first-order valence-corrected chi connectivity index (χ1v) is 10.5. The Labute approximate surface area is 183 Å². The highest BCUT2D eigenvalue weighted by Gasteiger charge is 2.25. The molecule has 1 aromatic carbocycles. The highest BCUT2D eigenvalue weighted by Crippen LogP contribution is 2.36. The van der Waals surface area contributed by atoms with Gasteiger partial charge in [-0.15, -0.1) is 5.10 Å². The lowest BCUT2D eigenvalue weighted by Crippen LogP contribution is -2.32. The summed E-state index contributed by atoms with van der Waals surface area (Å²) in [5, 5.41) is 18.6. The number of anilines is 1. The Bertz CT molecular complexity index is 1250. The van der Waals surface area contributed by atoms with E-state index in [4.69, 9.17) is 4.98 Å². The number of nitrogens with zero attached hydrogens (tertiary/aromatic N) is 7. The van der Waals surface area contributed by atoms with Crippen LogP contribution in [0.25, 0.3) is 28.2 Å². The fourth-order valence-electron chi connectivity index (χ4n) is 3.48. The van der Waals surface area contributed by atoms with Gasteiger partial charge >= 0.3 is 0 Å². The van der Waals surface area contributed by atoms with Gasteiger partial charge in [0, 0.05) is 29.9 Å². The van der Waals surface area contributed by atoms with Gasteiger partial charge in [0.05, 0.1) is 36.8 Å². The number of aliphatic hydroxyl groups is 1. The van der Waals surface area contributed by atoms with Crippen LogP contribution in [0.3, 0.4) is 0 Å². The second-order valence-corrected chi connectivity index (χ2v) is 8.16. The van der Waals surface area contributed by atoms with Crippen LogP contribution in [0.1, 0.15) is 37.8 Å². The summed E-state index contributed by atoms with van der Waals surface area (Å²) in [6.07, 6.45) is 5.15. The molecular formula is C22H23F2N7O. The number of halogens is 2. The van der Waals surface area contributed by atoms with Crippen molar-refractivity contribution < 1.29 is 13.9 Å². The van der Waals surface area contributed by atoms with Crippen LogP contribution in [-0.4, -0.2) is 54.2 Å². The summed E-state index contributed by atoms with van der Waals surface area (Å²) >= 11 is 0. The lowest BCUT2D eigenvalue weighted by atomic mass is 10.1. The van der Waals surface area contributed by atoms with Gasteiger partial charge in [0.15, 0.2) is 5.65 Å². The third-order valence-electron chi connectivity index (χ3n) is 5.80. The van der Waals surface area contributed by atoms with Gasteiger partial charge in [0.2, 0.25) is 5.95 Å². The monoisotopic (exact) mass is 439 g/mol. The molecule has 0 aliphatic heterocycles. The zero-order chi connectivity index (χ0) is 22.4. The van der Waals surface area contributed by atoms with Crippen molar-refractivity contribution in [3.8, 4) is 22.5 Å². The number of hydrogen-bond acceptors (Lipinski definition) is 6. The fourth-order valence-corrected chi connectivity index (χ4v) is 3.48. The van der Waals surface area contributed by atoms with Crippen LogP contribution < -0.4 is 4.90 Å². The SMILES string of the molecule is C[C@@H](CO)N(C)c1nc2c(-c3cnn(C4CC4)c3)nc(-c3ccc(C(F)F)cc3)cn2n1. The molecule has 1 atom stereocenters. The van der Waals surface area contributed by atoms with Gasteiger partial charge in [-0.2, -0.15) is 10.1 Å².